The van der Waals surface area contributed by atoms with Crippen LogP contribution in [0, 0.1) is 11.7 Å². The third-order valence-corrected chi connectivity index (χ3v) is 5.30. The fraction of sp³-hybridized carbons (Fsp3) is 0.611. The van der Waals surface area contributed by atoms with Gasteiger partial charge in [-0.05, 0) is 50.9 Å². The largest absolute Gasteiger partial charge is 0.339 e. The van der Waals surface area contributed by atoms with Crippen molar-refractivity contribution in [3.63, 3.8) is 0 Å². The molecule has 2 aliphatic rings. The zero-order valence-corrected chi connectivity index (χ0v) is 14.3. The lowest BCUT2D eigenvalue weighted by Crippen LogP contribution is -2.47. The van der Waals surface area contributed by atoms with E-state index < -0.39 is 0 Å². The van der Waals surface area contributed by atoms with Gasteiger partial charge in [0.15, 0.2) is 0 Å². The van der Waals surface area contributed by atoms with E-state index in [9.17, 15) is 9.18 Å². The lowest BCUT2D eigenvalue weighted by atomic mass is 10.0. The van der Waals surface area contributed by atoms with Crippen LogP contribution in [0.25, 0.3) is 0 Å². The maximum atomic E-state index is 14.1. The lowest BCUT2D eigenvalue weighted by Gasteiger charge is -2.35. The quantitative estimate of drug-likeness (QED) is 0.890. The highest BCUT2D eigenvalue weighted by Crippen LogP contribution is 2.51. The van der Waals surface area contributed by atoms with Crippen LogP contribution in [0.1, 0.15) is 44.1 Å². The molecule has 2 atom stereocenters. The molecule has 0 radical (unpaired) electrons. The van der Waals surface area contributed by atoms with Gasteiger partial charge in [0.2, 0.25) is 5.91 Å². The summed E-state index contributed by atoms with van der Waals surface area (Å²) in [4.78, 5) is 15.0. The Labute approximate surface area is 142 Å². The van der Waals surface area contributed by atoms with Crippen molar-refractivity contribution in [1.29, 1.82) is 0 Å². The van der Waals surface area contributed by atoms with E-state index in [1.54, 1.807) is 12.1 Å². The second-order valence-electron chi connectivity index (χ2n) is 6.60. The minimum atomic E-state index is -0.290. The zero-order chi connectivity index (χ0) is 16.4. The fourth-order valence-corrected chi connectivity index (χ4v) is 4.00. The van der Waals surface area contributed by atoms with Gasteiger partial charge in [0.05, 0.1) is 0 Å². The van der Waals surface area contributed by atoms with E-state index in [0.29, 0.717) is 23.0 Å². The molecule has 23 heavy (non-hydrogen) atoms. The molecule has 2 fully saturated rings. The molecule has 0 bridgehead atoms. The lowest BCUT2D eigenvalue weighted by molar-refractivity contribution is -0.135. The highest BCUT2D eigenvalue weighted by Gasteiger charge is 2.48. The first kappa shape index (κ1) is 16.7. The van der Waals surface area contributed by atoms with Crippen LogP contribution < -0.4 is 5.32 Å². The average Bonchev–Trinajstić information content (AvgIpc) is 3.33. The van der Waals surface area contributed by atoms with Gasteiger partial charge in [-0.25, -0.2) is 4.39 Å². The number of carbonyl (C=O) groups excluding carboxylic acids is 1. The normalized spacial score (nSPS) is 24.5. The highest BCUT2D eigenvalue weighted by molar-refractivity contribution is 6.31. The molecule has 2 unspecified atom stereocenters. The minimum Gasteiger partial charge on any atom is -0.339 e. The molecular formula is C18H24ClFN2O. The molecule has 1 N–H and O–H groups in total. The van der Waals surface area contributed by atoms with Crippen LogP contribution in [-0.4, -0.2) is 36.5 Å². The summed E-state index contributed by atoms with van der Waals surface area (Å²) in [5.41, 5.74) is 0.522. The van der Waals surface area contributed by atoms with Crippen LogP contribution in [0.15, 0.2) is 18.2 Å². The molecule has 1 saturated carbocycles. The molecule has 1 heterocycles. The number of hydrogen-bond donors (Lipinski definition) is 1. The van der Waals surface area contributed by atoms with Gasteiger partial charge < -0.3 is 10.2 Å². The number of hydrogen-bond acceptors (Lipinski definition) is 2. The predicted molar refractivity (Wildman–Crippen MR) is 90.2 cm³/mol. The van der Waals surface area contributed by atoms with Gasteiger partial charge in [-0.3, -0.25) is 4.79 Å². The van der Waals surface area contributed by atoms with Crippen molar-refractivity contribution in [2.75, 3.05) is 19.6 Å². The van der Waals surface area contributed by atoms with E-state index in [0.717, 1.165) is 38.9 Å². The van der Waals surface area contributed by atoms with E-state index in [2.05, 4.69) is 12.2 Å². The minimum absolute atomic E-state index is 0.0581. The number of halogens is 2. The van der Waals surface area contributed by atoms with Crippen molar-refractivity contribution in [3.8, 4) is 0 Å². The Morgan fingerprint density at radius 2 is 2.13 bits per heavy atom. The first-order valence-electron chi connectivity index (χ1n) is 8.58. The molecule has 1 saturated heterocycles. The van der Waals surface area contributed by atoms with Gasteiger partial charge in [-0.2, -0.15) is 0 Å². The highest BCUT2D eigenvalue weighted by atomic mass is 35.5. The Morgan fingerprint density at radius 1 is 1.39 bits per heavy atom. The third kappa shape index (κ3) is 3.53. The molecule has 126 valence electrons. The summed E-state index contributed by atoms with van der Waals surface area (Å²) in [5, 5.41) is 3.78. The number of benzene rings is 1. The van der Waals surface area contributed by atoms with Crippen LogP contribution in [0.5, 0.6) is 0 Å². The first-order valence-corrected chi connectivity index (χ1v) is 8.96. The second-order valence-corrected chi connectivity index (χ2v) is 7.00. The number of nitrogens with one attached hydrogen (secondary N) is 1. The number of nitrogens with zero attached hydrogens (tertiary/aromatic N) is 1. The fourth-order valence-electron chi connectivity index (χ4n) is 3.70. The third-order valence-electron chi connectivity index (χ3n) is 4.98. The van der Waals surface area contributed by atoms with E-state index in [4.69, 9.17) is 11.6 Å². The van der Waals surface area contributed by atoms with Gasteiger partial charge in [0.25, 0.3) is 0 Å². The molecule has 3 nitrogen and oxygen atoms in total. The van der Waals surface area contributed by atoms with Crippen LogP contribution >= 0.6 is 11.6 Å². The number of amides is 1. The monoisotopic (exact) mass is 338 g/mol. The van der Waals surface area contributed by atoms with Gasteiger partial charge in [-0.1, -0.05) is 24.6 Å². The summed E-state index contributed by atoms with van der Waals surface area (Å²) in [7, 11) is 0. The Balaban J connectivity index is 1.72. The molecule has 1 aromatic carbocycles. The summed E-state index contributed by atoms with van der Waals surface area (Å²) in [6, 6.07) is 5.06. The molecule has 3 rings (SSSR count). The van der Waals surface area contributed by atoms with Gasteiger partial charge in [-0.15, -0.1) is 0 Å². The molecule has 0 spiro atoms. The first-order chi connectivity index (χ1) is 11.1. The summed E-state index contributed by atoms with van der Waals surface area (Å²) >= 11 is 6.15. The number of carbonyl (C=O) groups is 1. The van der Waals surface area contributed by atoms with Crippen molar-refractivity contribution in [2.24, 2.45) is 5.92 Å². The van der Waals surface area contributed by atoms with Gasteiger partial charge in [0.1, 0.15) is 5.82 Å². The molecule has 1 aromatic rings. The Hall–Kier alpha value is -1.13. The maximum absolute atomic E-state index is 14.1. The van der Waals surface area contributed by atoms with Crippen molar-refractivity contribution < 1.29 is 9.18 Å². The molecule has 0 aromatic heterocycles. The summed E-state index contributed by atoms with van der Waals surface area (Å²) < 4.78 is 14.1. The molecule has 1 aliphatic carbocycles. The van der Waals surface area contributed by atoms with Gasteiger partial charge in [0, 0.05) is 35.0 Å². The Bertz CT molecular complexity index is 554. The van der Waals surface area contributed by atoms with Crippen LogP contribution in [0.4, 0.5) is 4.39 Å². The molecular weight excluding hydrogens is 315 g/mol. The number of rotatable bonds is 5. The summed E-state index contributed by atoms with van der Waals surface area (Å²) in [6.45, 7) is 4.81. The summed E-state index contributed by atoms with van der Waals surface area (Å²) in [5.74, 6) is -0.270. The molecule has 1 aliphatic heterocycles. The van der Waals surface area contributed by atoms with Gasteiger partial charge >= 0.3 is 0 Å². The Morgan fingerprint density at radius 3 is 2.78 bits per heavy atom. The zero-order valence-electron chi connectivity index (χ0n) is 13.5. The van der Waals surface area contributed by atoms with Crippen molar-refractivity contribution >= 4 is 17.5 Å². The molecule has 1 amide bonds. The van der Waals surface area contributed by atoms with Crippen LogP contribution in [0.3, 0.4) is 0 Å². The maximum Gasteiger partial charge on any atom is 0.226 e. The van der Waals surface area contributed by atoms with E-state index >= 15 is 0 Å². The van der Waals surface area contributed by atoms with E-state index in [1.165, 1.54) is 6.07 Å². The standard InChI is InChI=1S/C18H24ClFN2O/c1-2-10-22(12-6-8-21-9-7-12)18(23)14-11-13(14)17-15(19)4-3-5-16(17)20/h3-5,12-14,21H,2,6-11H2,1H3. The average molecular weight is 339 g/mol. The van der Waals surface area contributed by atoms with Crippen LogP contribution in [0.2, 0.25) is 5.02 Å². The van der Waals surface area contributed by atoms with Crippen molar-refractivity contribution in [2.45, 2.75) is 44.6 Å². The predicted octanol–water partition coefficient (Wildman–Crippen LogP) is 3.57. The van der Waals surface area contributed by atoms with Crippen molar-refractivity contribution in [1.82, 2.24) is 10.2 Å². The van der Waals surface area contributed by atoms with Crippen LogP contribution in [-0.2, 0) is 4.79 Å². The van der Waals surface area contributed by atoms with Crippen molar-refractivity contribution in [3.05, 3.63) is 34.6 Å². The summed E-state index contributed by atoms with van der Waals surface area (Å²) in [6.07, 6.45) is 3.67. The van der Waals surface area contributed by atoms with E-state index in [1.807, 2.05) is 4.90 Å². The topological polar surface area (TPSA) is 32.3 Å². The second kappa shape index (κ2) is 7.18. The Kier molecular flexibility index (Phi) is 5.22. The molecule has 5 heteroatoms. The number of piperidine rings is 1. The van der Waals surface area contributed by atoms with E-state index in [-0.39, 0.29) is 23.6 Å². The SMILES string of the molecule is CCCN(C(=O)C1CC1c1c(F)cccc1Cl)C1CCNCC1. The smallest absolute Gasteiger partial charge is 0.226 e.